The number of carbonyl (C=O) groups is 1. The summed E-state index contributed by atoms with van der Waals surface area (Å²) in [6, 6.07) is 9.96. The van der Waals surface area contributed by atoms with Crippen LogP contribution in [-0.4, -0.2) is 40.3 Å². The maximum absolute atomic E-state index is 13.2. The number of methoxy groups -OCH3 is 1. The van der Waals surface area contributed by atoms with Crippen molar-refractivity contribution >= 4 is 5.91 Å². The van der Waals surface area contributed by atoms with E-state index >= 15 is 0 Å². The second-order valence-corrected chi connectivity index (χ2v) is 6.67. The molecule has 26 heavy (non-hydrogen) atoms. The molecule has 142 valence electrons. The summed E-state index contributed by atoms with van der Waals surface area (Å²) >= 11 is 0. The zero-order chi connectivity index (χ0) is 18.9. The van der Waals surface area contributed by atoms with Gasteiger partial charge in [-0.25, -0.2) is 4.68 Å². The molecule has 1 unspecified atom stereocenters. The van der Waals surface area contributed by atoms with Crippen LogP contribution in [-0.2, 0) is 0 Å². The lowest BCUT2D eigenvalue weighted by Crippen LogP contribution is -2.39. The van der Waals surface area contributed by atoms with Gasteiger partial charge >= 0.3 is 0 Å². The Labute approximate surface area is 157 Å². The van der Waals surface area contributed by atoms with E-state index in [2.05, 4.69) is 25.9 Å². The van der Waals surface area contributed by atoms with Gasteiger partial charge in [-0.2, -0.15) is 5.10 Å². The molecule has 0 aliphatic heterocycles. The minimum atomic E-state index is -0.0476. The average Bonchev–Trinajstić information content (AvgIpc) is 3.10. The van der Waals surface area contributed by atoms with Crippen LogP contribution in [0.4, 0.5) is 0 Å². The van der Waals surface area contributed by atoms with E-state index in [4.69, 9.17) is 4.74 Å². The van der Waals surface area contributed by atoms with Gasteiger partial charge in [-0.05, 0) is 31.9 Å². The number of rotatable bonds is 10. The topological polar surface area (TPSA) is 47.4 Å². The Hall–Kier alpha value is -2.30. The van der Waals surface area contributed by atoms with Crippen molar-refractivity contribution in [3.8, 4) is 11.4 Å². The zero-order valence-corrected chi connectivity index (χ0v) is 16.4. The van der Waals surface area contributed by atoms with Crippen molar-refractivity contribution in [3.63, 3.8) is 0 Å². The quantitative estimate of drug-likeness (QED) is 0.579. The Balaban J connectivity index is 2.30. The van der Waals surface area contributed by atoms with Gasteiger partial charge in [0.25, 0.3) is 5.91 Å². The van der Waals surface area contributed by atoms with Crippen LogP contribution in [0.2, 0.25) is 0 Å². The molecule has 2 aromatic rings. The molecule has 0 saturated heterocycles. The second-order valence-electron chi connectivity index (χ2n) is 6.67. The molecular weight excluding hydrogens is 326 g/mol. The Morgan fingerprint density at radius 2 is 1.92 bits per heavy atom. The van der Waals surface area contributed by atoms with E-state index in [-0.39, 0.29) is 11.9 Å². The summed E-state index contributed by atoms with van der Waals surface area (Å²) in [5.74, 6) is 0.469. The highest BCUT2D eigenvalue weighted by Gasteiger charge is 2.26. The lowest BCUT2D eigenvalue weighted by atomic mass is 10.1. The summed E-state index contributed by atoms with van der Waals surface area (Å²) in [5.41, 5.74) is 1.29. The van der Waals surface area contributed by atoms with Gasteiger partial charge in [-0.1, -0.05) is 51.3 Å². The van der Waals surface area contributed by atoms with Crippen LogP contribution in [0.25, 0.3) is 5.69 Å². The summed E-state index contributed by atoms with van der Waals surface area (Å²) in [7, 11) is 1.58. The molecule has 0 radical (unpaired) electrons. The molecular formula is C21H31N3O2. The molecule has 0 saturated carbocycles. The molecule has 0 bridgehead atoms. The maximum atomic E-state index is 13.2. The van der Waals surface area contributed by atoms with Crippen LogP contribution >= 0.6 is 0 Å². The largest absolute Gasteiger partial charge is 0.493 e. The van der Waals surface area contributed by atoms with Crippen molar-refractivity contribution in [3.05, 3.63) is 42.2 Å². The number of hydrogen-bond donors (Lipinski definition) is 0. The summed E-state index contributed by atoms with van der Waals surface area (Å²) in [6.07, 6.45) is 7.08. The monoisotopic (exact) mass is 357 g/mol. The Morgan fingerprint density at radius 1 is 1.19 bits per heavy atom. The van der Waals surface area contributed by atoms with Gasteiger partial charge in [-0.15, -0.1) is 0 Å². The molecule has 1 aromatic heterocycles. The molecule has 0 aliphatic rings. The molecule has 1 heterocycles. The van der Waals surface area contributed by atoms with E-state index in [1.165, 1.54) is 0 Å². The van der Waals surface area contributed by atoms with Crippen LogP contribution in [0, 0.1) is 0 Å². The van der Waals surface area contributed by atoms with Crippen molar-refractivity contribution in [1.82, 2.24) is 14.7 Å². The van der Waals surface area contributed by atoms with E-state index in [1.807, 2.05) is 35.2 Å². The fourth-order valence-corrected chi connectivity index (χ4v) is 3.13. The summed E-state index contributed by atoms with van der Waals surface area (Å²) in [4.78, 5) is 15.2. The molecule has 1 amide bonds. The Kier molecular flexibility index (Phi) is 7.70. The molecule has 5 nitrogen and oxygen atoms in total. The Bertz CT molecular complexity index is 682. The van der Waals surface area contributed by atoms with E-state index in [9.17, 15) is 4.79 Å². The van der Waals surface area contributed by atoms with Gasteiger partial charge < -0.3 is 9.64 Å². The molecule has 0 N–H and O–H groups in total. The van der Waals surface area contributed by atoms with Gasteiger partial charge in [0, 0.05) is 12.6 Å². The number of carbonyl (C=O) groups excluding carboxylic acids is 1. The number of aromatic nitrogens is 2. The first-order valence-corrected chi connectivity index (χ1v) is 9.62. The smallest absolute Gasteiger partial charge is 0.278 e. The van der Waals surface area contributed by atoms with Crippen LogP contribution < -0.4 is 4.74 Å². The predicted octanol–water partition coefficient (Wildman–Crippen LogP) is 4.70. The SMILES string of the molecule is CCCCCN(C(=O)c1nn(-c2ccccc2)cc1OC)C(C)CCC. The first kappa shape index (κ1) is 20.0. The number of ether oxygens (including phenoxy) is 1. The number of benzene rings is 1. The highest BCUT2D eigenvalue weighted by Crippen LogP contribution is 2.23. The van der Waals surface area contributed by atoms with Gasteiger partial charge in [-0.3, -0.25) is 4.79 Å². The van der Waals surface area contributed by atoms with Gasteiger partial charge in [0.15, 0.2) is 11.4 Å². The first-order valence-electron chi connectivity index (χ1n) is 9.62. The standard InChI is InChI=1S/C21H31N3O2/c1-5-7-11-15-23(17(3)12-6-2)21(25)20-19(26-4)16-24(22-20)18-13-9-8-10-14-18/h8-10,13-14,16-17H,5-7,11-12,15H2,1-4H3. The molecule has 0 fully saturated rings. The van der Waals surface area contributed by atoms with Crippen molar-refractivity contribution < 1.29 is 9.53 Å². The van der Waals surface area contributed by atoms with Crippen LogP contribution in [0.15, 0.2) is 36.5 Å². The van der Waals surface area contributed by atoms with Crippen molar-refractivity contribution in [1.29, 1.82) is 0 Å². The number of unbranched alkanes of at least 4 members (excludes halogenated alkanes) is 2. The molecule has 2 rings (SSSR count). The number of hydrogen-bond acceptors (Lipinski definition) is 3. The number of para-hydroxylation sites is 1. The normalized spacial score (nSPS) is 12.0. The fraction of sp³-hybridized carbons (Fsp3) is 0.524. The lowest BCUT2D eigenvalue weighted by molar-refractivity contribution is 0.0669. The van der Waals surface area contributed by atoms with Gasteiger partial charge in [0.1, 0.15) is 0 Å². The summed E-state index contributed by atoms with van der Waals surface area (Å²) < 4.78 is 7.16. The second kappa shape index (κ2) is 10.00. The summed E-state index contributed by atoms with van der Waals surface area (Å²) in [5, 5.41) is 4.54. The van der Waals surface area contributed by atoms with E-state index < -0.39 is 0 Å². The highest BCUT2D eigenvalue weighted by molar-refractivity contribution is 5.95. The number of amides is 1. The van der Waals surface area contributed by atoms with E-state index in [0.29, 0.717) is 11.4 Å². The average molecular weight is 357 g/mol. The highest BCUT2D eigenvalue weighted by atomic mass is 16.5. The summed E-state index contributed by atoms with van der Waals surface area (Å²) in [6.45, 7) is 7.20. The molecule has 0 aliphatic carbocycles. The molecule has 1 aromatic carbocycles. The third-order valence-electron chi connectivity index (χ3n) is 4.63. The van der Waals surface area contributed by atoms with Crippen molar-refractivity contribution in [2.45, 2.75) is 58.9 Å². The minimum Gasteiger partial charge on any atom is -0.493 e. The van der Waals surface area contributed by atoms with E-state index in [1.54, 1.807) is 18.0 Å². The Morgan fingerprint density at radius 3 is 2.54 bits per heavy atom. The maximum Gasteiger partial charge on any atom is 0.278 e. The third kappa shape index (κ3) is 4.87. The molecule has 1 atom stereocenters. The zero-order valence-electron chi connectivity index (χ0n) is 16.4. The van der Waals surface area contributed by atoms with Crippen LogP contribution in [0.3, 0.4) is 0 Å². The fourth-order valence-electron chi connectivity index (χ4n) is 3.13. The third-order valence-corrected chi connectivity index (χ3v) is 4.63. The number of nitrogens with zero attached hydrogens (tertiary/aromatic N) is 3. The molecule has 0 spiro atoms. The minimum absolute atomic E-state index is 0.0476. The lowest BCUT2D eigenvalue weighted by Gasteiger charge is -2.28. The van der Waals surface area contributed by atoms with Crippen molar-refractivity contribution in [2.24, 2.45) is 0 Å². The van der Waals surface area contributed by atoms with Gasteiger partial charge in [0.2, 0.25) is 0 Å². The van der Waals surface area contributed by atoms with Crippen LogP contribution in [0.1, 0.15) is 63.4 Å². The first-order chi connectivity index (χ1) is 12.6. The van der Waals surface area contributed by atoms with Crippen molar-refractivity contribution in [2.75, 3.05) is 13.7 Å². The van der Waals surface area contributed by atoms with E-state index in [0.717, 1.165) is 44.3 Å². The van der Waals surface area contributed by atoms with Gasteiger partial charge in [0.05, 0.1) is 19.0 Å². The molecule has 5 heteroatoms. The predicted molar refractivity (Wildman–Crippen MR) is 105 cm³/mol. The van der Waals surface area contributed by atoms with Crippen LogP contribution in [0.5, 0.6) is 5.75 Å².